The van der Waals surface area contributed by atoms with Crippen molar-refractivity contribution in [3.8, 4) is 0 Å². The fourth-order valence-electron chi connectivity index (χ4n) is 2.15. The highest BCUT2D eigenvalue weighted by Gasteiger charge is 2.35. The molecule has 8 nitrogen and oxygen atoms in total. The lowest BCUT2D eigenvalue weighted by molar-refractivity contribution is -0.0486. The predicted octanol–water partition coefficient (Wildman–Crippen LogP) is -0.373. The van der Waals surface area contributed by atoms with Gasteiger partial charge in [0.05, 0.1) is 19.0 Å². The summed E-state index contributed by atoms with van der Waals surface area (Å²) in [6, 6.07) is 0. The normalized spacial score (nSPS) is 26.5. The zero-order valence-corrected chi connectivity index (χ0v) is 11.6. The molecule has 2 aromatic heterocycles. The molecule has 1 fully saturated rings. The van der Waals surface area contributed by atoms with Gasteiger partial charge in [-0.3, -0.25) is 4.57 Å². The first-order valence-electron chi connectivity index (χ1n) is 5.58. The van der Waals surface area contributed by atoms with E-state index in [2.05, 4.69) is 15.0 Å². The Morgan fingerprint density at radius 1 is 1.42 bits per heavy atom. The van der Waals surface area contributed by atoms with E-state index < -0.39 is 12.3 Å². The molecule has 1 aliphatic rings. The summed E-state index contributed by atoms with van der Waals surface area (Å²) in [5.41, 5.74) is 6.66. The molecule has 3 atom stereocenters. The zero-order valence-electron chi connectivity index (χ0n) is 9.88. The number of nitrogen functional groups attached to an aromatic ring is 1. The van der Waals surface area contributed by atoms with Crippen molar-refractivity contribution in [1.29, 1.82) is 0 Å². The molecule has 0 amide bonds. The van der Waals surface area contributed by atoms with Crippen molar-refractivity contribution in [2.24, 2.45) is 0 Å². The van der Waals surface area contributed by atoms with Gasteiger partial charge in [0.2, 0.25) is 0 Å². The van der Waals surface area contributed by atoms with Crippen molar-refractivity contribution in [3.05, 3.63) is 12.7 Å². The van der Waals surface area contributed by atoms with Crippen LogP contribution in [0.5, 0.6) is 0 Å². The number of aromatic nitrogens is 4. The lowest BCUT2D eigenvalue weighted by atomic mass is 10.2. The first-order valence-corrected chi connectivity index (χ1v) is 5.58. The van der Waals surface area contributed by atoms with Crippen molar-refractivity contribution in [1.82, 2.24) is 19.5 Å². The number of anilines is 1. The van der Waals surface area contributed by atoms with Gasteiger partial charge in [0, 0.05) is 6.42 Å². The molecular weight excluding hydrogens is 318 g/mol. The number of aliphatic hydroxyl groups excluding tert-OH is 2. The fourth-order valence-corrected chi connectivity index (χ4v) is 2.15. The number of ether oxygens (including phenoxy) is 1. The van der Waals surface area contributed by atoms with Crippen molar-refractivity contribution in [2.75, 3.05) is 12.3 Å². The highest BCUT2D eigenvalue weighted by Crippen LogP contribution is 2.31. The number of nitrogens with two attached hydrogens (primary N) is 1. The number of halogens is 1. The van der Waals surface area contributed by atoms with Crippen molar-refractivity contribution in [2.45, 2.75) is 24.9 Å². The summed E-state index contributed by atoms with van der Waals surface area (Å²) in [6.07, 6.45) is 1.52. The average molecular weight is 332 g/mol. The van der Waals surface area contributed by atoms with Crippen LogP contribution < -0.4 is 5.73 Å². The summed E-state index contributed by atoms with van der Waals surface area (Å²) in [6.45, 7) is -0.128. The molecule has 9 heteroatoms. The van der Waals surface area contributed by atoms with Gasteiger partial charge in [-0.05, 0) is 0 Å². The second kappa shape index (κ2) is 5.37. The van der Waals surface area contributed by atoms with E-state index in [1.54, 1.807) is 4.57 Å². The minimum absolute atomic E-state index is 0. The van der Waals surface area contributed by atoms with E-state index in [-0.39, 0.29) is 35.5 Å². The van der Waals surface area contributed by atoms with Crippen LogP contribution >= 0.6 is 17.0 Å². The summed E-state index contributed by atoms with van der Waals surface area (Å²) < 4.78 is 7.14. The van der Waals surface area contributed by atoms with E-state index in [1.165, 1.54) is 12.7 Å². The molecule has 19 heavy (non-hydrogen) atoms. The van der Waals surface area contributed by atoms with E-state index in [9.17, 15) is 5.11 Å². The molecule has 0 unspecified atom stereocenters. The van der Waals surface area contributed by atoms with E-state index >= 15 is 0 Å². The largest absolute Gasteiger partial charge is 0.394 e. The van der Waals surface area contributed by atoms with Crippen molar-refractivity contribution < 1.29 is 14.9 Å². The average Bonchev–Trinajstić information content (AvgIpc) is 2.93. The molecule has 0 bridgehead atoms. The van der Waals surface area contributed by atoms with Crippen LogP contribution in [0.4, 0.5) is 5.82 Å². The first-order chi connectivity index (χ1) is 8.70. The molecule has 1 aliphatic heterocycles. The van der Waals surface area contributed by atoms with Crippen molar-refractivity contribution >= 4 is 34.0 Å². The van der Waals surface area contributed by atoms with Gasteiger partial charge in [-0.15, -0.1) is 17.0 Å². The van der Waals surface area contributed by atoms with Crippen LogP contribution in [0.25, 0.3) is 11.2 Å². The molecule has 104 valence electrons. The van der Waals surface area contributed by atoms with Gasteiger partial charge in [0.25, 0.3) is 0 Å². The van der Waals surface area contributed by atoms with Gasteiger partial charge in [0.15, 0.2) is 17.7 Å². The highest BCUT2D eigenvalue weighted by molar-refractivity contribution is 8.93. The van der Waals surface area contributed by atoms with E-state index in [4.69, 9.17) is 15.6 Å². The van der Waals surface area contributed by atoms with Gasteiger partial charge >= 0.3 is 0 Å². The summed E-state index contributed by atoms with van der Waals surface area (Å²) in [7, 11) is 0. The van der Waals surface area contributed by atoms with Crippen LogP contribution in [0.15, 0.2) is 12.7 Å². The molecule has 3 rings (SSSR count). The molecule has 0 radical (unpaired) electrons. The summed E-state index contributed by atoms with van der Waals surface area (Å²) in [5, 5.41) is 19.0. The molecule has 0 saturated carbocycles. The fraction of sp³-hybridized carbons (Fsp3) is 0.500. The monoisotopic (exact) mass is 331 g/mol. The van der Waals surface area contributed by atoms with E-state index in [0.717, 1.165) is 0 Å². The van der Waals surface area contributed by atoms with Gasteiger partial charge in [0.1, 0.15) is 17.9 Å². The summed E-state index contributed by atoms with van der Waals surface area (Å²) >= 11 is 0. The second-order valence-corrected chi connectivity index (χ2v) is 4.22. The standard InChI is InChI=1S/C10H13N5O3.BrH/c11-8-7-9(13-3-12-8)15(4-14-7)10-6(17)1-5(2-16)18-10;/h3-6,10,16-17H,1-2H2,(H2,11,12,13);1H/t5-,6+,10+;/m0./s1. The van der Waals surface area contributed by atoms with E-state index in [0.29, 0.717) is 17.6 Å². The number of hydrogen-bond acceptors (Lipinski definition) is 7. The second-order valence-electron chi connectivity index (χ2n) is 4.22. The Kier molecular flexibility index (Phi) is 3.99. The number of aliphatic hydroxyl groups is 2. The van der Waals surface area contributed by atoms with Gasteiger partial charge in [-0.1, -0.05) is 0 Å². The maximum Gasteiger partial charge on any atom is 0.167 e. The third-order valence-electron chi connectivity index (χ3n) is 3.03. The third kappa shape index (κ3) is 2.29. The van der Waals surface area contributed by atoms with Crippen LogP contribution in [0, 0.1) is 0 Å². The highest BCUT2D eigenvalue weighted by atomic mass is 79.9. The first kappa shape index (κ1) is 14.1. The minimum atomic E-state index is -0.712. The van der Waals surface area contributed by atoms with Gasteiger partial charge in [-0.25, -0.2) is 15.0 Å². The van der Waals surface area contributed by atoms with Crippen LogP contribution in [-0.2, 0) is 4.74 Å². The Balaban J connectivity index is 0.00000133. The van der Waals surface area contributed by atoms with Crippen LogP contribution in [-0.4, -0.2) is 48.5 Å². The smallest absolute Gasteiger partial charge is 0.167 e. The summed E-state index contributed by atoms with van der Waals surface area (Å²) in [5.74, 6) is 0.282. The molecule has 0 aromatic carbocycles. The number of hydrogen-bond donors (Lipinski definition) is 3. The van der Waals surface area contributed by atoms with Gasteiger partial charge < -0.3 is 20.7 Å². The molecule has 1 saturated heterocycles. The Bertz CT molecular complexity index is 577. The molecule has 2 aromatic rings. The number of nitrogens with zero attached hydrogens (tertiary/aromatic N) is 4. The molecule has 3 heterocycles. The van der Waals surface area contributed by atoms with E-state index in [1.807, 2.05) is 0 Å². The number of rotatable bonds is 2. The maximum atomic E-state index is 9.93. The Morgan fingerprint density at radius 3 is 2.89 bits per heavy atom. The Morgan fingerprint density at radius 2 is 2.21 bits per heavy atom. The van der Waals surface area contributed by atoms with Crippen LogP contribution in [0.3, 0.4) is 0 Å². The Labute approximate surface area is 119 Å². The number of fused-ring (bicyclic) bond motifs is 1. The van der Waals surface area contributed by atoms with Crippen molar-refractivity contribution in [3.63, 3.8) is 0 Å². The van der Waals surface area contributed by atoms with Crippen LogP contribution in [0.2, 0.25) is 0 Å². The zero-order chi connectivity index (χ0) is 12.7. The quantitative estimate of drug-likeness (QED) is 0.686. The minimum Gasteiger partial charge on any atom is -0.394 e. The third-order valence-corrected chi connectivity index (χ3v) is 3.03. The lowest BCUT2D eigenvalue weighted by Gasteiger charge is -2.16. The van der Waals surface area contributed by atoms with Crippen LogP contribution in [0.1, 0.15) is 12.6 Å². The lowest BCUT2D eigenvalue weighted by Crippen LogP contribution is -2.19. The van der Waals surface area contributed by atoms with Gasteiger partial charge in [-0.2, -0.15) is 0 Å². The Hall–Kier alpha value is -1.29. The molecule has 4 N–H and O–H groups in total. The summed E-state index contributed by atoms with van der Waals surface area (Å²) in [4.78, 5) is 12.0. The molecule has 0 aliphatic carbocycles. The topological polar surface area (TPSA) is 119 Å². The number of imidazole rings is 1. The molecular formula is C10H14BrN5O3. The predicted molar refractivity (Wildman–Crippen MR) is 71.7 cm³/mol. The SMILES string of the molecule is Br.Nc1ncnc2c1ncn2[C@@H]1O[C@H](CO)C[C@H]1O. The molecule has 0 spiro atoms. The maximum absolute atomic E-state index is 9.93.